The van der Waals surface area contributed by atoms with Gasteiger partial charge < -0.3 is 4.74 Å². The normalized spacial score (nSPS) is 23.9. The number of fused-ring (bicyclic) bond motifs is 1. The van der Waals surface area contributed by atoms with Gasteiger partial charge >= 0.3 is 5.69 Å². The molecule has 4 rings (SSSR count). The summed E-state index contributed by atoms with van der Waals surface area (Å²) in [4.78, 5) is 33.1. The van der Waals surface area contributed by atoms with Crippen LogP contribution in [0.1, 0.15) is 38.2 Å². The average Bonchev–Trinajstić information content (AvgIpc) is 3.40. The molecule has 32 heavy (non-hydrogen) atoms. The maximum Gasteiger partial charge on any atom is 0.318 e. The maximum atomic E-state index is 12.4. The Morgan fingerprint density at radius 3 is 2.53 bits per heavy atom. The van der Waals surface area contributed by atoms with E-state index in [-0.39, 0.29) is 23.0 Å². The largest absolute Gasteiger partial charge is 0.450 e. The Bertz CT molecular complexity index is 1100. The number of non-ortho nitro benzene ring substituents is 1. The summed E-state index contributed by atoms with van der Waals surface area (Å²) in [6.45, 7) is 2.18. The van der Waals surface area contributed by atoms with Crippen LogP contribution < -0.4 is 10.2 Å². The summed E-state index contributed by atoms with van der Waals surface area (Å²) in [6.07, 6.45) is 6.08. The SMILES string of the molecule is C[C@]12CCCC[C@H]1[C@H]2C(=O)N/N=C\c1ccc(Oc2ccc([N+](=O)[O-])cc2[N+](=O)[O-])cc1. The van der Waals surface area contributed by atoms with Gasteiger partial charge in [-0.2, -0.15) is 5.10 Å². The van der Waals surface area contributed by atoms with Crippen molar-refractivity contribution in [2.24, 2.45) is 22.4 Å². The van der Waals surface area contributed by atoms with Crippen LogP contribution in [0.15, 0.2) is 47.6 Å². The van der Waals surface area contributed by atoms with E-state index in [0.29, 0.717) is 17.2 Å². The zero-order valence-corrected chi connectivity index (χ0v) is 17.4. The zero-order chi connectivity index (χ0) is 22.9. The number of hydrogen-bond acceptors (Lipinski definition) is 7. The van der Waals surface area contributed by atoms with Crippen molar-refractivity contribution in [1.82, 2.24) is 5.43 Å². The van der Waals surface area contributed by atoms with E-state index in [0.717, 1.165) is 25.0 Å². The minimum atomic E-state index is -0.734. The molecule has 2 saturated carbocycles. The lowest BCUT2D eigenvalue weighted by atomic mass is 9.90. The highest BCUT2D eigenvalue weighted by molar-refractivity contribution is 5.86. The van der Waals surface area contributed by atoms with E-state index in [1.807, 2.05) is 0 Å². The predicted molar refractivity (Wildman–Crippen MR) is 116 cm³/mol. The first-order valence-electron chi connectivity index (χ1n) is 10.3. The number of hydrogen-bond donors (Lipinski definition) is 1. The molecule has 0 radical (unpaired) electrons. The molecule has 1 amide bonds. The van der Waals surface area contributed by atoms with Gasteiger partial charge in [0.2, 0.25) is 11.7 Å². The van der Waals surface area contributed by atoms with Crippen molar-refractivity contribution in [2.45, 2.75) is 32.6 Å². The number of benzene rings is 2. The highest BCUT2D eigenvalue weighted by atomic mass is 16.6. The topological polar surface area (TPSA) is 137 Å². The van der Waals surface area contributed by atoms with E-state index in [9.17, 15) is 25.0 Å². The van der Waals surface area contributed by atoms with Gasteiger partial charge in [0.15, 0.2) is 0 Å². The minimum absolute atomic E-state index is 0.0374. The second-order valence-electron chi connectivity index (χ2n) is 8.41. The third-order valence-electron chi connectivity index (χ3n) is 6.46. The second-order valence-corrected chi connectivity index (χ2v) is 8.41. The molecule has 0 aliphatic heterocycles. The number of nitrogens with one attached hydrogen (secondary N) is 1. The predicted octanol–water partition coefficient (Wildman–Crippen LogP) is 4.57. The van der Waals surface area contributed by atoms with Gasteiger partial charge in [-0.25, -0.2) is 5.43 Å². The van der Waals surface area contributed by atoms with Gasteiger partial charge in [-0.05, 0) is 60.1 Å². The molecule has 10 nitrogen and oxygen atoms in total. The van der Waals surface area contributed by atoms with Crippen LogP contribution in [0.3, 0.4) is 0 Å². The molecule has 2 aromatic rings. The second kappa shape index (κ2) is 8.37. The Morgan fingerprint density at radius 1 is 1.16 bits per heavy atom. The molecule has 0 spiro atoms. The molecule has 2 aliphatic carbocycles. The first-order chi connectivity index (χ1) is 15.3. The van der Waals surface area contributed by atoms with Crippen molar-refractivity contribution < 1.29 is 19.4 Å². The summed E-state index contributed by atoms with van der Waals surface area (Å²) in [5.41, 5.74) is 2.57. The van der Waals surface area contributed by atoms with E-state index in [4.69, 9.17) is 4.74 Å². The highest BCUT2D eigenvalue weighted by Crippen LogP contribution is 2.66. The number of hydrazone groups is 1. The molecule has 0 heterocycles. The molecule has 0 bridgehead atoms. The molecule has 166 valence electrons. The lowest BCUT2D eigenvalue weighted by molar-refractivity contribution is -0.394. The smallest absolute Gasteiger partial charge is 0.318 e. The minimum Gasteiger partial charge on any atom is -0.450 e. The Hall–Kier alpha value is -3.82. The molecule has 3 atom stereocenters. The Kier molecular flexibility index (Phi) is 5.60. The molecule has 1 N–H and O–H groups in total. The number of ether oxygens (including phenoxy) is 1. The van der Waals surface area contributed by atoms with Gasteiger partial charge in [0.25, 0.3) is 5.69 Å². The number of nitro benzene ring substituents is 2. The highest BCUT2D eigenvalue weighted by Gasteiger charge is 2.64. The van der Waals surface area contributed by atoms with Crippen LogP contribution in [0.25, 0.3) is 0 Å². The van der Waals surface area contributed by atoms with Gasteiger partial charge in [-0.3, -0.25) is 25.0 Å². The molecule has 2 aromatic carbocycles. The zero-order valence-electron chi connectivity index (χ0n) is 17.4. The number of rotatable bonds is 7. The number of nitro groups is 2. The summed E-state index contributed by atoms with van der Waals surface area (Å²) in [5.74, 6) is 0.676. The van der Waals surface area contributed by atoms with Crippen molar-refractivity contribution in [3.05, 3.63) is 68.3 Å². The van der Waals surface area contributed by atoms with E-state index in [1.165, 1.54) is 25.1 Å². The Morgan fingerprint density at radius 2 is 1.91 bits per heavy atom. The molecule has 0 unspecified atom stereocenters. The van der Waals surface area contributed by atoms with Gasteiger partial charge in [0, 0.05) is 12.0 Å². The van der Waals surface area contributed by atoms with Crippen molar-refractivity contribution in [3.63, 3.8) is 0 Å². The van der Waals surface area contributed by atoms with Crippen molar-refractivity contribution in [1.29, 1.82) is 0 Å². The van der Waals surface area contributed by atoms with Crippen LogP contribution in [0.5, 0.6) is 11.5 Å². The third-order valence-corrected chi connectivity index (χ3v) is 6.46. The van der Waals surface area contributed by atoms with Crippen LogP contribution in [-0.2, 0) is 4.79 Å². The fourth-order valence-electron chi connectivity index (χ4n) is 4.69. The summed E-state index contributed by atoms with van der Waals surface area (Å²) in [7, 11) is 0. The lowest BCUT2D eigenvalue weighted by Gasteiger charge is -2.15. The molecule has 0 aromatic heterocycles. The maximum absolute atomic E-state index is 12.4. The third kappa shape index (κ3) is 4.16. The Balaban J connectivity index is 1.37. The average molecular weight is 438 g/mol. The van der Waals surface area contributed by atoms with Crippen molar-refractivity contribution in [2.75, 3.05) is 0 Å². The summed E-state index contributed by atoms with van der Waals surface area (Å²) >= 11 is 0. The number of nitrogens with zero attached hydrogens (tertiary/aromatic N) is 3. The standard InChI is InChI=1S/C22H22N4O6/c1-22-11-3-2-4-17(22)20(22)21(27)24-23-13-14-5-8-16(9-6-14)32-19-10-7-15(25(28)29)12-18(19)26(30)31/h5-10,12-13,17,20H,2-4,11H2,1H3,(H,24,27)/b23-13-/t17-,20-,22-/m0/s1. The van der Waals surface area contributed by atoms with E-state index >= 15 is 0 Å². The molecule has 2 fully saturated rings. The monoisotopic (exact) mass is 438 g/mol. The van der Waals surface area contributed by atoms with Gasteiger partial charge in [-0.1, -0.05) is 19.8 Å². The molecule has 10 heteroatoms. The number of carbonyl (C=O) groups excluding carboxylic acids is 1. The first-order valence-corrected chi connectivity index (χ1v) is 10.3. The first kappa shape index (κ1) is 21.4. The summed E-state index contributed by atoms with van der Waals surface area (Å²) in [5, 5.41) is 26.1. The van der Waals surface area contributed by atoms with Crippen LogP contribution in [0.4, 0.5) is 11.4 Å². The molecular formula is C22H22N4O6. The van der Waals surface area contributed by atoms with Crippen LogP contribution in [-0.4, -0.2) is 22.0 Å². The number of amides is 1. The van der Waals surface area contributed by atoms with E-state index in [1.54, 1.807) is 24.3 Å². The summed E-state index contributed by atoms with van der Waals surface area (Å²) in [6, 6.07) is 9.73. The fourth-order valence-corrected chi connectivity index (χ4v) is 4.69. The summed E-state index contributed by atoms with van der Waals surface area (Å²) < 4.78 is 5.53. The quantitative estimate of drug-likeness (QED) is 0.382. The van der Waals surface area contributed by atoms with Gasteiger partial charge in [0.1, 0.15) is 5.75 Å². The van der Waals surface area contributed by atoms with E-state index < -0.39 is 21.2 Å². The van der Waals surface area contributed by atoms with Crippen LogP contribution in [0, 0.1) is 37.5 Å². The fraction of sp³-hybridized carbons (Fsp3) is 0.364. The Labute approximate surface area is 183 Å². The van der Waals surface area contributed by atoms with Gasteiger partial charge in [-0.15, -0.1) is 0 Å². The molecule has 0 saturated heterocycles. The van der Waals surface area contributed by atoms with Crippen molar-refractivity contribution >= 4 is 23.5 Å². The number of carbonyl (C=O) groups is 1. The van der Waals surface area contributed by atoms with Crippen molar-refractivity contribution in [3.8, 4) is 11.5 Å². The van der Waals surface area contributed by atoms with Gasteiger partial charge in [0.05, 0.1) is 22.1 Å². The van der Waals surface area contributed by atoms with Crippen LogP contribution in [0.2, 0.25) is 0 Å². The van der Waals surface area contributed by atoms with E-state index in [2.05, 4.69) is 17.5 Å². The lowest BCUT2D eigenvalue weighted by Crippen LogP contribution is -2.22. The molecular weight excluding hydrogens is 416 g/mol. The van der Waals surface area contributed by atoms with Crippen LogP contribution >= 0.6 is 0 Å². The molecule has 2 aliphatic rings.